The number of rotatable bonds is 1. The molecule has 0 aliphatic carbocycles. The predicted molar refractivity (Wildman–Crippen MR) is 47.1 cm³/mol. The summed E-state index contributed by atoms with van der Waals surface area (Å²) < 4.78 is 17.5. The number of aromatic nitrogens is 2. The van der Waals surface area contributed by atoms with Crippen LogP contribution in [0, 0.1) is 10.7 Å². The Kier molecular flexibility index (Phi) is 1.94. The molecule has 1 N–H and O–H groups in total. The van der Waals surface area contributed by atoms with Crippen LogP contribution < -0.4 is 0 Å². The van der Waals surface area contributed by atoms with Gasteiger partial charge in [-0.25, -0.2) is 9.55 Å². The molecule has 0 aliphatic heterocycles. The number of aromatic amines is 1. The SMILES string of the molecule is Fc1cccc(-c2nc(=S)o[nH]2)c1. The van der Waals surface area contributed by atoms with Gasteiger partial charge in [0.1, 0.15) is 5.82 Å². The lowest BCUT2D eigenvalue weighted by atomic mass is 10.2. The van der Waals surface area contributed by atoms with Crippen LogP contribution in [0.4, 0.5) is 4.39 Å². The number of hydrogen-bond acceptors (Lipinski definition) is 3. The number of benzene rings is 1. The van der Waals surface area contributed by atoms with Gasteiger partial charge in [-0.2, -0.15) is 4.98 Å². The molecule has 2 rings (SSSR count). The summed E-state index contributed by atoms with van der Waals surface area (Å²) in [7, 11) is 0. The van der Waals surface area contributed by atoms with E-state index < -0.39 is 0 Å². The molecule has 66 valence electrons. The van der Waals surface area contributed by atoms with E-state index in [1.165, 1.54) is 12.1 Å². The predicted octanol–water partition coefficient (Wildman–Crippen LogP) is 2.54. The second kappa shape index (κ2) is 3.10. The minimum Gasteiger partial charge on any atom is -0.348 e. The monoisotopic (exact) mass is 196 g/mol. The molecule has 0 aliphatic rings. The zero-order valence-electron chi connectivity index (χ0n) is 6.45. The molecule has 0 saturated carbocycles. The van der Waals surface area contributed by atoms with Gasteiger partial charge >= 0.3 is 4.84 Å². The standard InChI is InChI=1S/C8H5FN2OS/c9-6-3-1-2-5(4-6)7-10-8(13)12-11-7/h1-4H,(H,10,11,13). The highest BCUT2D eigenvalue weighted by molar-refractivity contribution is 7.71. The van der Waals surface area contributed by atoms with Gasteiger partial charge in [0.05, 0.1) is 0 Å². The maximum atomic E-state index is 12.8. The van der Waals surface area contributed by atoms with E-state index in [0.717, 1.165) is 0 Å². The van der Waals surface area contributed by atoms with Crippen LogP contribution in [-0.4, -0.2) is 10.1 Å². The molecular formula is C8H5FN2OS. The topological polar surface area (TPSA) is 41.8 Å². The first kappa shape index (κ1) is 8.12. The van der Waals surface area contributed by atoms with Crippen molar-refractivity contribution in [3.8, 4) is 11.4 Å². The van der Waals surface area contributed by atoms with Gasteiger partial charge in [0, 0.05) is 5.56 Å². The van der Waals surface area contributed by atoms with E-state index in [0.29, 0.717) is 11.4 Å². The first-order chi connectivity index (χ1) is 6.25. The largest absolute Gasteiger partial charge is 0.348 e. The van der Waals surface area contributed by atoms with Crippen molar-refractivity contribution in [3.63, 3.8) is 0 Å². The molecule has 0 bridgehead atoms. The normalized spacial score (nSPS) is 10.2. The van der Waals surface area contributed by atoms with Crippen molar-refractivity contribution in [2.45, 2.75) is 0 Å². The number of halogens is 1. The molecule has 0 unspecified atom stereocenters. The summed E-state index contributed by atoms with van der Waals surface area (Å²) in [4.78, 5) is 3.96. The van der Waals surface area contributed by atoms with Crippen LogP contribution in [0.2, 0.25) is 0 Å². The molecule has 0 spiro atoms. The highest BCUT2D eigenvalue weighted by atomic mass is 32.1. The molecule has 1 heterocycles. The minimum atomic E-state index is -0.320. The second-order valence-corrected chi connectivity index (χ2v) is 2.79. The van der Waals surface area contributed by atoms with Crippen LogP contribution in [0.1, 0.15) is 0 Å². The van der Waals surface area contributed by atoms with Crippen molar-refractivity contribution in [1.82, 2.24) is 10.1 Å². The van der Waals surface area contributed by atoms with Gasteiger partial charge < -0.3 is 4.52 Å². The summed E-state index contributed by atoms with van der Waals surface area (Å²) in [5.74, 6) is 0.115. The smallest absolute Gasteiger partial charge is 0.314 e. The van der Waals surface area contributed by atoms with Gasteiger partial charge in [-0.05, 0) is 24.4 Å². The van der Waals surface area contributed by atoms with Crippen molar-refractivity contribution in [3.05, 3.63) is 34.9 Å². The summed E-state index contributed by atoms with van der Waals surface area (Å²) in [5.41, 5.74) is 0.611. The third-order valence-electron chi connectivity index (χ3n) is 1.54. The lowest BCUT2D eigenvalue weighted by molar-refractivity contribution is 0.406. The summed E-state index contributed by atoms with van der Waals surface area (Å²) in [6.45, 7) is 0. The van der Waals surface area contributed by atoms with Crippen molar-refractivity contribution in [2.75, 3.05) is 0 Å². The molecular weight excluding hydrogens is 191 g/mol. The Labute approximate surface area is 78.2 Å². The lowest BCUT2D eigenvalue weighted by Gasteiger charge is -1.93. The highest BCUT2D eigenvalue weighted by Gasteiger charge is 2.02. The first-order valence-corrected chi connectivity index (χ1v) is 3.98. The number of hydrogen-bond donors (Lipinski definition) is 1. The second-order valence-electron chi connectivity index (χ2n) is 2.44. The van der Waals surface area contributed by atoms with Gasteiger partial charge in [-0.1, -0.05) is 12.1 Å². The fourth-order valence-electron chi connectivity index (χ4n) is 0.988. The number of nitrogens with zero attached hydrogens (tertiary/aromatic N) is 1. The third kappa shape index (κ3) is 1.65. The van der Waals surface area contributed by atoms with Gasteiger partial charge in [-0.15, -0.1) is 0 Å². The molecule has 0 amide bonds. The number of H-pyrrole nitrogens is 1. The van der Waals surface area contributed by atoms with Crippen molar-refractivity contribution in [1.29, 1.82) is 0 Å². The van der Waals surface area contributed by atoms with E-state index in [-0.39, 0.29) is 10.7 Å². The molecule has 0 fully saturated rings. The van der Waals surface area contributed by atoms with Gasteiger partial charge in [-0.3, -0.25) is 0 Å². The van der Waals surface area contributed by atoms with E-state index in [4.69, 9.17) is 4.52 Å². The van der Waals surface area contributed by atoms with E-state index >= 15 is 0 Å². The number of nitrogens with one attached hydrogen (secondary N) is 1. The molecule has 0 saturated heterocycles. The molecule has 3 nitrogen and oxygen atoms in total. The van der Waals surface area contributed by atoms with Gasteiger partial charge in [0.2, 0.25) is 0 Å². The summed E-state index contributed by atoms with van der Waals surface area (Å²) in [5, 5.41) is 2.49. The molecule has 1 aromatic heterocycles. The Balaban J connectivity index is 2.52. The van der Waals surface area contributed by atoms with Crippen LogP contribution in [0.15, 0.2) is 28.8 Å². The van der Waals surface area contributed by atoms with Crippen LogP contribution in [0.5, 0.6) is 0 Å². The average molecular weight is 196 g/mol. The third-order valence-corrected chi connectivity index (χ3v) is 1.71. The molecule has 1 aromatic carbocycles. The quantitative estimate of drug-likeness (QED) is 0.712. The van der Waals surface area contributed by atoms with E-state index in [1.807, 2.05) is 0 Å². The zero-order chi connectivity index (χ0) is 9.26. The molecule has 2 aromatic rings. The maximum absolute atomic E-state index is 12.8. The highest BCUT2D eigenvalue weighted by Crippen LogP contribution is 2.15. The fourth-order valence-corrected chi connectivity index (χ4v) is 1.12. The molecule has 5 heteroatoms. The van der Waals surface area contributed by atoms with E-state index in [2.05, 4.69) is 22.4 Å². The van der Waals surface area contributed by atoms with Crippen molar-refractivity contribution >= 4 is 12.2 Å². The zero-order valence-corrected chi connectivity index (χ0v) is 7.27. The summed E-state index contributed by atoms with van der Waals surface area (Å²) in [6, 6.07) is 6.02. The first-order valence-electron chi connectivity index (χ1n) is 3.57. The van der Waals surface area contributed by atoms with Crippen molar-refractivity contribution < 1.29 is 8.91 Å². The Bertz CT molecular complexity index is 477. The Hall–Kier alpha value is -1.49. The minimum absolute atomic E-state index is 0.110. The van der Waals surface area contributed by atoms with Crippen molar-refractivity contribution in [2.24, 2.45) is 0 Å². The molecule has 0 atom stereocenters. The Morgan fingerprint density at radius 3 is 2.92 bits per heavy atom. The Morgan fingerprint density at radius 2 is 2.31 bits per heavy atom. The van der Waals surface area contributed by atoms with Crippen LogP contribution in [0.3, 0.4) is 0 Å². The lowest BCUT2D eigenvalue weighted by Crippen LogP contribution is -1.81. The van der Waals surface area contributed by atoms with Gasteiger partial charge in [0.15, 0.2) is 5.82 Å². The van der Waals surface area contributed by atoms with Gasteiger partial charge in [0.25, 0.3) is 0 Å². The summed E-state index contributed by atoms with van der Waals surface area (Å²) >= 11 is 4.66. The average Bonchev–Trinajstić information content (AvgIpc) is 2.52. The maximum Gasteiger partial charge on any atom is 0.314 e. The van der Waals surface area contributed by atoms with Crippen LogP contribution >= 0.6 is 12.2 Å². The van der Waals surface area contributed by atoms with Crippen LogP contribution in [0.25, 0.3) is 11.4 Å². The fraction of sp³-hybridized carbons (Fsp3) is 0. The van der Waals surface area contributed by atoms with E-state index in [1.54, 1.807) is 12.1 Å². The molecule has 13 heavy (non-hydrogen) atoms. The van der Waals surface area contributed by atoms with Crippen LogP contribution in [-0.2, 0) is 0 Å². The van der Waals surface area contributed by atoms with E-state index in [9.17, 15) is 4.39 Å². The summed E-state index contributed by atoms with van der Waals surface area (Å²) in [6.07, 6.45) is 0. The Morgan fingerprint density at radius 1 is 1.46 bits per heavy atom. The molecule has 0 radical (unpaired) electrons.